The number of likely N-dealkylation sites (tertiary alicyclic amines) is 1. The van der Waals surface area contributed by atoms with E-state index in [2.05, 4.69) is 47.5 Å². The number of rotatable bonds is 4. The van der Waals surface area contributed by atoms with Crippen molar-refractivity contribution in [1.29, 1.82) is 0 Å². The molecule has 1 saturated heterocycles. The molecular formula is C18H28N2. The van der Waals surface area contributed by atoms with E-state index in [1.165, 1.54) is 50.9 Å². The van der Waals surface area contributed by atoms with Gasteiger partial charge in [0, 0.05) is 24.8 Å². The van der Waals surface area contributed by atoms with E-state index in [1.807, 2.05) is 0 Å². The standard InChI is InChI=1S/C18H28N2/c1-15(13-19-18-9-3-2-4-10-18)20-12-11-16-7-5-6-8-17(16)14-20/h2-4,9-10,15-17,19H,5-8,11-14H2,1H3. The zero-order chi connectivity index (χ0) is 13.8. The molecule has 1 N–H and O–H groups in total. The molecule has 3 rings (SSSR count). The first kappa shape index (κ1) is 13.9. The molecule has 3 atom stereocenters. The molecule has 0 radical (unpaired) electrons. The van der Waals surface area contributed by atoms with Gasteiger partial charge in [-0.1, -0.05) is 37.5 Å². The smallest absolute Gasteiger partial charge is 0.0340 e. The first-order chi connectivity index (χ1) is 9.83. The Bertz CT molecular complexity index is 403. The number of nitrogens with zero attached hydrogens (tertiary/aromatic N) is 1. The highest BCUT2D eigenvalue weighted by Gasteiger charge is 2.32. The summed E-state index contributed by atoms with van der Waals surface area (Å²) < 4.78 is 0. The lowest BCUT2D eigenvalue weighted by Gasteiger charge is -2.43. The van der Waals surface area contributed by atoms with Crippen LogP contribution in [0, 0.1) is 11.8 Å². The maximum absolute atomic E-state index is 3.57. The number of para-hydroxylation sites is 1. The SMILES string of the molecule is CC(CNc1ccccc1)N1CCC2CCCCC2C1. The van der Waals surface area contributed by atoms with Crippen LogP contribution in [0.4, 0.5) is 5.69 Å². The van der Waals surface area contributed by atoms with E-state index in [1.54, 1.807) is 0 Å². The van der Waals surface area contributed by atoms with Crippen LogP contribution >= 0.6 is 0 Å². The van der Waals surface area contributed by atoms with Crippen molar-refractivity contribution < 1.29 is 0 Å². The van der Waals surface area contributed by atoms with Gasteiger partial charge < -0.3 is 5.32 Å². The van der Waals surface area contributed by atoms with Crippen LogP contribution in [0.2, 0.25) is 0 Å². The van der Waals surface area contributed by atoms with Gasteiger partial charge >= 0.3 is 0 Å². The van der Waals surface area contributed by atoms with Gasteiger partial charge in [0.05, 0.1) is 0 Å². The Morgan fingerprint density at radius 3 is 2.65 bits per heavy atom. The highest BCUT2D eigenvalue weighted by atomic mass is 15.2. The number of hydrogen-bond acceptors (Lipinski definition) is 2. The van der Waals surface area contributed by atoms with Crippen LogP contribution in [-0.4, -0.2) is 30.6 Å². The Morgan fingerprint density at radius 2 is 1.85 bits per heavy atom. The number of hydrogen-bond donors (Lipinski definition) is 1. The van der Waals surface area contributed by atoms with E-state index in [0.717, 1.165) is 18.4 Å². The van der Waals surface area contributed by atoms with E-state index < -0.39 is 0 Å². The highest BCUT2D eigenvalue weighted by Crippen LogP contribution is 2.36. The Kier molecular flexibility index (Phi) is 4.62. The van der Waals surface area contributed by atoms with Gasteiger partial charge in [-0.25, -0.2) is 0 Å². The number of fused-ring (bicyclic) bond motifs is 1. The average molecular weight is 272 g/mol. The average Bonchev–Trinajstić information content (AvgIpc) is 2.53. The minimum Gasteiger partial charge on any atom is -0.383 e. The van der Waals surface area contributed by atoms with Gasteiger partial charge in [0.25, 0.3) is 0 Å². The van der Waals surface area contributed by atoms with Crippen molar-refractivity contribution in [2.45, 2.75) is 45.1 Å². The Hall–Kier alpha value is -1.02. The fourth-order valence-electron chi connectivity index (χ4n) is 3.98. The summed E-state index contributed by atoms with van der Waals surface area (Å²) in [7, 11) is 0. The van der Waals surface area contributed by atoms with Crippen LogP contribution in [-0.2, 0) is 0 Å². The third kappa shape index (κ3) is 3.35. The summed E-state index contributed by atoms with van der Waals surface area (Å²) in [6.45, 7) is 6.07. The van der Waals surface area contributed by atoms with Gasteiger partial charge in [-0.05, 0) is 50.3 Å². The maximum atomic E-state index is 3.57. The van der Waals surface area contributed by atoms with E-state index in [0.29, 0.717) is 6.04 Å². The molecule has 1 aromatic carbocycles. The summed E-state index contributed by atoms with van der Waals surface area (Å²) in [5.74, 6) is 2.02. The van der Waals surface area contributed by atoms with Crippen LogP contribution in [0.3, 0.4) is 0 Å². The van der Waals surface area contributed by atoms with Crippen molar-refractivity contribution in [2.24, 2.45) is 11.8 Å². The predicted molar refractivity (Wildman–Crippen MR) is 86.0 cm³/mol. The third-order valence-corrected chi connectivity index (χ3v) is 5.32. The summed E-state index contributed by atoms with van der Waals surface area (Å²) in [6.07, 6.45) is 7.34. The molecule has 0 amide bonds. The summed E-state index contributed by atoms with van der Waals surface area (Å²) in [5, 5.41) is 3.57. The summed E-state index contributed by atoms with van der Waals surface area (Å²) in [5.41, 5.74) is 1.24. The molecule has 0 aromatic heterocycles. The summed E-state index contributed by atoms with van der Waals surface area (Å²) in [4.78, 5) is 2.71. The Labute approximate surface area is 123 Å². The molecule has 1 aromatic rings. The first-order valence-corrected chi connectivity index (χ1v) is 8.36. The van der Waals surface area contributed by atoms with Crippen molar-refractivity contribution in [1.82, 2.24) is 4.90 Å². The minimum atomic E-state index is 0.637. The first-order valence-electron chi connectivity index (χ1n) is 8.36. The number of anilines is 1. The Morgan fingerprint density at radius 1 is 1.10 bits per heavy atom. The third-order valence-electron chi connectivity index (χ3n) is 5.32. The molecule has 1 heterocycles. The molecule has 20 heavy (non-hydrogen) atoms. The van der Waals surface area contributed by atoms with E-state index in [9.17, 15) is 0 Å². The lowest BCUT2D eigenvalue weighted by Crippen LogP contribution is -2.47. The molecule has 2 heteroatoms. The van der Waals surface area contributed by atoms with E-state index in [-0.39, 0.29) is 0 Å². The molecule has 0 spiro atoms. The molecule has 1 aliphatic carbocycles. The van der Waals surface area contributed by atoms with Crippen molar-refractivity contribution in [3.63, 3.8) is 0 Å². The van der Waals surface area contributed by atoms with Gasteiger partial charge in [-0.3, -0.25) is 4.90 Å². The fourth-order valence-corrected chi connectivity index (χ4v) is 3.98. The molecule has 3 unspecified atom stereocenters. The molecule has 2 aliphatic rings. The van der Waals surface area contributed by atoms with Gasteiger partial charge in [-0.2, -0.15) is 0 Å². The van der Waals surface area contributed by atoms with Gasteiger partial charge in [-0.15, -0.1) is 0 Å². The zero-order valence-corrected chi connectivity index (χ0v) is 12.7. The quantitative estimate of drug-likeness (QED) is 0.891. The number of nitrogens with one attached hydrogen (secondary N) is 1. The van der Waals surface area contributed by atoms with Crippen LogP contribution in [0.15, 0.2) is 30.3 Å². The van der Waals surface area contributed by atoms with E-state index >= 15 is 0 Å². The van der Waals surface area contributed by atoms with Crippen LogP contribution in [0.5, 0.6) is 0 Å². The second-order valence-electron chi connectivity index (χ2n) is 6.68. The van der Waals surface area contributed by atoms with Crippen molar-refractivity contribution in [3.05, 3.63) is 30.3 Å². The predicted octanol–water partition coefficient (Wildman–Crippen LogP) is 4.00. The minimum absolute atomic E-state index is 0.637. The molecule has 2 nitrogen and oxygen atoms in total. The second-order valence-corrected chi connectivity index (χ2v) is 6.68. The van der Waals surface area contributed by atoms with Gasteiger partial charge in [0.2, 0.25) is 0 Å². The molecule has 2 fully saturated rings. The maximum Gasteiger partial charge on any atom is 0.0340 e. The van der Waals surface area contributed by atoms with Crippen LogP contribution in [0.25, 0.3) is 0 Å². The fraction of sp³-hybridized carbons (Fsp3) is 0.667. The lowest BCUT2D eigenvalue weighted by molar-refractivity contribution is 0.0653. The van der Waals surface area contributed by atoms with E-state index in [4.69, 9.17) is 0 Å². The summed E-state index contributed by atoms with van der Waals surface area (Å²) in [6, 6.07) is 11.2. The zero-order valence-electron chi connectivity index (χ0n) is 12.7. The molecule has 1 saturated carbocycles. The monoisotopic (exact) mass is 272 g/mol. The van der Waals surface area contributed by atoms with Crippen molar-refractivity contribution in [3.8, 4) is 0 Å². The normalized spacial score (nSPS) is 28.6. The summed E-state index contributed by atoms with van der Waals surface area (Å²) >= 11 is 0. The van der Waals surface area contributed by atoms with Gasteiger partial charge in [0.1, 0.15) is 0 Å². The van der Waals surface area contributed by atoms with Crippen molar-refractivity contribution >= 4 is 5.69 Å². The molecule has 0 bridgehead atoms. The molecule has 110 valence electrons. The molecule has 1 aliphatic heterocycles. The number of piperidine rings is 1. The second kappa shape index (κ2) is 6.62. The number of benzene rings is 1. The van der Waals surface area contributed by atoms with Crippen LogP contribution < -0.4 is 5.32 Å². The van der Waals surface area contributed by atoms with Gasteiger partial charge in [0.15, 0.2) is 0 Å². The van der Waals surface area contributed by atoms with Crippen LogP contribution in [0.1, 0.15) is 39.0 Å². The largest absolute Gasteiger partial charge is 0.383 e. The molecular weight excluding hydrogens is 244 g/mol. The highest BCUT2D eigenvalue weighted by molar-refractivity contribution is 5.42. The topological polar surface area (TPSA) is 15.3 Å². The Balaban J connectivity index is 1.49. The van der Waals surface area contributed by atoms with Crippen molar-refractivity contribution in [2.75, 3.05) is 25.0 Å². The lowest BCUT2D eigenvalue weighted by atomic mass is 9.75.